The molecule has 2 nitrogen and oxygen atoms in total. The van der Waals surface area contributed by atoms with Crippen molar-refractivity contribution in [1.29, 1.82) is 0 Å². The molecule has 1 aromatic heterocycles. The monoisotopic (exact) mass is 266 g/mol. The van der Waals surface area contributed by atoms with Gasteiger partial charge in [0.15, 0.2) is 8.68 Å². The number of rotatable bonds is 5. The number of hydrogen-bond donors (Lipinski definition) is 0. The van der Waals surface area contributed by atoms with Gasteiger partial charge in [0.2, 0.25) is 0 Å². The quantitative estimate of drug-likeness (QED) is 0.760. The predicted molar refractivity (Wildman–Crippen MR) is 70.0 cm³/mol. The van der Waals surface area contributed by atoms with Crippen molar-refractivity contribution in [2.45, 2.75) is 33.0 Å². The summed E-state index contributed by atoms with van der Waals surface area (Å²) >= 11 is 7.06. The molecule has 0 amide bonds. The van der Waals surface area contributed by atoms with Gasteiger partial charge in [-0.25, -0.2) is 0 Å². The first-order chi connectivity index (χ1) is 6.67. The molecule has 0 radical (unpaired) electrons. The van der Waals surface area contributed by atoms with Crippen molar-refractivity contribution in [3.63, 3.8) is 0 Å². The Hall–Kier alpha value is 0.610. The van der Waals surface area contributed by atoms with Gasteiger partial charge in [-0.2, -0.15) is 11.8 Å². The van der Waals surface area contributed by atoms with Gasteiger partial charge in [0.1, 0.15) is 0 Å². The lowest BCUT2D eigenvalue weighted by molar-refractivity contribution is 0.913. The van der Waals surface area contributed by atoms with Crippen LogP contribution in [0, 0.1) is 0 Å². The molecule has 14 heavy (non-hydrogen) atoms. The van der Waals surface area contributed by atoms with Crippen LogP contribution in [-0.4, -0.2) is 33.2 Å². The summed E-state index contributed by atoms with van der Waals surface area (Å²) in [7, 11) is 0. The van der Waals surface area contributed by atoms with Crippen LogP contribution in [0.1, 0.15) is 13.8 Å². The summed E-state index contributed by atoms with van der Waals surface area (Å²) in [6, 6.07) is 0. The minimum absolute atomic E-state index is 0.590. The van der Waals surface area contributed by atoms with E-state index >= 15 is 0 Å². The van der Waals surface area contributed by atoms with Gasteiger partial charge in [-0.05, 0) is 12.5 Å². The van der Waals surface area contributed by atoms with Crippen molar-refractivity contribution in [3.05, 3.63) is 0 Å². The van der Waals surface area contributed by atoms with Gasteiger partial charge in [0.25, 0.3) is 0 Å². The topological polar surface area (TPSA) is 25.8 Å². The van der Waals surface area contributed by atoms with Crippen molar-refractivity contribution < 1.29 is 0 Å². The fourth-order valence-electron chi connectivity index (χ4n) is 0.774. The van der Waals surface area contributed by atoms with E-state index in [1.54, 1.807) is 23.1 Å². The van der Waals surface area contributed by atoms with Crippen molar-refractivity contribution in [2.24, 2.45) is 0 Å². The Morgan fingerprint density at radius 3 is 2.21 bits per heavy atom. The summed E-state index contributed by atoms with van der Waals surface area (Å²) < 4.78 is 2.14. The van der Waals surface area contributed by atoms with E-state index in [2.05, 4.69) is 30.3 Å². The maximum Gasteiger partial charge on any atom is 0.175 e. The maximum absolute atomic E-state index is 4.15. The predicted octanol–water partition coefficient (Wildman–Crippen LogP) is 3.49. The third-order valence-corrected chi connectivity index (χ3v) is 6.50. The largest absolute Gasteiger partial charge is 0.175 e. The molecular weight excluding hydrogens is 252 g/mol. The van der Waals surface area contributed by atoms with Gasteiger partial charge in [-0.3, -0.25) is 0 Å². The first kappa shape index (κ1) is 12.7. The lowest BCUT2D eigenvalue weighted by Crippen LogP contribution is -2.11. The molecule has 0 fully saturated rings. The Bertz CT molecular complexity index is 276. The van der Waals surface area contributed by atoms with Crippen molar-refractivity contribution >= 4 is 46.6 Å². The highest BCUT2D eigenvalue weighted by Gasteiger charge is 2.14. The van der Waals surface area contributed by atoms with Gasteiger partial charge < -0.3 is 0 Å². The lowest BCUT2D eigenvalue weighted by Gasteiger charge is -2.14. The van der Waals surface area contributed by atoms with Gasteiger partial charge in [0, 0.05) is 10.5 Å². The fourth-order valence-corrected chi connectivity index (χ4v) is 4.30. The van der Waals surface area contributed by atoms with Crippen LogP contribution in [0.5, 0.6) is 0 Å². The molecule has 0 saturated carbocycles. The zero-order valence-electron chi connectivity index (χ0n) is 8.68. The van der Waals surface area contributed by atoms with Crippen LogP contribution < -0.4 is 0 Å². The second kappa shape index (κ2) is 6.25. The summed E-state index contributed by atoms with van der Waals surface area (Å²) in [5, 5.41) is 9.47. The number of hydrogen-bond acceptors (Lipinski definition) is 6. The average molecular weight is 266 g/mol. The Labute approximate surface area is 102 Å². The fraction of sp³-hybridized carbons (Fsp3) is 0.750. The highest BCUT2D eigenvalue weighted by molar-refractivity contribution is 8.05. The second-order valence-electron chi connectivity index (χ2n) is 2.80. The van der Waals surface area contributed by atoms with Crippen molar-refractivity contribution in [1.82, 2.24) is 10.2 Å². The second-order valence-corrected chi connectivity index (χ2v) is 7.67. The van der Waals surface area contributed by atoms with E-state index in [9.17, 15) is 0 Å². The molecular formula is C8H14N2S4. The van der Waals surface area contributed by atoms with Crippen LogP contribution in [0.2, 0.25) is 0 Å². The van der Waals surface area contributed by atoms with Crippen LogP contribution in [0.3, 0.4) is 0 Å². The normalized spacial score (nSPS) is 15.4. The summed E-state index contributed by atoms with van der Waals surface area (Å²) in [5.74, 6) is 0. The smallest absolute Gasteiger partial charge is 0.161 e. The van der Waals surface area contributed by atoms with E-state index in [0.29, 0.717) is 10.5 Å². The minimum Gasteiger partial charge on any atom is -0.161 e. The molecule has 0 saturated heterocycles. The Morgan fingerprint density at radius 2 is 1.71 bits per heavy atom. The summed E-state index contributed by atoms with van der Waals surface area (Å²) in [5.41, 5.74) is 0. The zero-order chi connectivity index (χ0) is 10.6. The molecule has 1 rings (SSSR count). The van der Waals surface area contributed by atoms with Gasteiger partial charge in [-0.15, -0.1) is 10.2 Å². The maximum atomic E-state index is 4.15. The van der Waals surface area contributed by atoms with Crippen molar-refractivity contribution in [3.8, 4) is 0 Å². The molecule has 0 aliphatic heterocycles. The van der Waals surface area contributed by atoms with Crippen molar-refractivity contribution in [2.75, 3.05) is 12.5 Å². The van der Waals surface area contributed by atoms with Crippen LogP contribution >= 0.6 is 46.6 Å². The standard InChI is InChI=1S/C8H14N2S4/c1-5(11-3)6(2)13-8-10-9-7(12-4)14-8/h5-6H,1-4H3. The molecule has 0 N–H and O–H groups in total. The number of thioether (sulfide) groups is 3. The lowest BCUT2D eigenvalue weighted by atomic mass is 10.4. The van der Waals surface area contributed by atoms with E-state index < -0.39 is 0 Å². The zero-order valence-corrected chi connectivity index (χ0v) is 11.9. The summed E-state index contributed by atoms with van der Waals surface area (Å²) in [4.78, 5) is 0. The van der Waals surface area contributed by atoms with E-state index in [0.717, 1.165) is 8.68 Å². The van der Waals surface area contributed by atoms with Crippen LogP contribution in [0.15, 0.2) is 8.68 Å². The Morgan fingerprint density at radius 1 is 1.07 bits per heavy atom. The van der Waals surface area contributed by atoms with E-state index in [1.165, 1.54) is 0 Å². The third kappa shape index (κ3) is 3.64. The molecule has 0 spiro atoms. The van der Waals surface area contributed by atoms with Gasteiger partial charge in [-0.1, -0.05) is 48.7 Å². The number of aromatic nitrogens is 2. The number of nitrogens with zero attached hydrogens (tertiary/aromatic N) is 2. The first-order valence-electron chi connectivity index (χ1n) is 4.24. The molecule has 6 heteroatoms. The molecule has 2 atom stereocenters. The third-order valence-electron chi connectivity index (χ3n) is 1.88. The summed E-state index contributed by atoms with van der Waals surface area (Å²) in [6.45, 7) is 4.49. The van der Waals surface area contributed by atoms with E-state index in [-0.39, 0.29) is 0 Å². The Balaban J connectivity index is 2.51. The molecule has 2 unspecified atom stereocenters. The average Bonchev–Trinajstić information content (AvgIpc) is 2.64. The molecule has 80 valence electrons. The first-order valence-corrected chi connectivity index (χ1v) is 8.45. The molecule has 1 heterocycles. The SMILES string of the molecule is CSc1nnc(SC(C)C(C)SC)s1. The van der Waals surface area contributed by atoms with Gasteiger partial charge in [0.05, 0.1) is 0 Å². The molecule has 0 aliphatic carbocycles. The minimum atomic E-state index is 0.590. The van der Waals surface area contributed by atoms with Crippen LogP contribution in [0.4, 0.5) is 0 Å². The van der Waals surface area contributed by atoms with E-state index in [1.807, 2.05) is 29.8 Å². The highest BCUT2D eigenvalue weighted by Crippen LogP contribution is 2.33. The Kier molecular flexibility index (Phi) is 5.66. The van der Waals surface area contributed by atoms with Gasteiger partial charge >= 0.3 is 0 Å². The highest BCUT2D eigenvalue weighted by atomic mass is 32.2. The van der Waals surface area contributed by atoms with E-state index in [4.69, 9.17) is 0 Å². The molecule has 0 bridgehead atoms. The molecule has 1 aromatic rings. The molecule has 0 aliphatic rings. The van der Waals surface area contributed by atoms with Crippen LogP contribution in [0.25, 0.3) is 0 Å². The van der Waals surface area contributed by atoms with Crippen LogP contribution in [-0.2, 0) is 0 Å². The summed E-state index contributed by atoms with van der Waals surface area (Å²) in [6.07, 6.45) is 4.18. The molecule has 0 aromatic carbocycles.